The molecule has 0 unspecified atom stereocenters. The van der Waals surface area contributed by atoms with Crippen LogP contribution in [0.3, 0.4) is 0 Å². The van der Waals surface area contributed by atoms with Gasteiger partial charge in [-0.05, 0) is 68.0 Å². The maximum absolute atomic E-state index is 12.7. The molecule has 4 rings (SSSR count). The molecular formula is C29H26N6O9S. The zero-order valence-corrected chi connectivity index (χ0v) is 24.7. The number of carbonyl (C=O) groups excluding carboxylic acids is 2. The van der Waals surface area contributed by atoms with Gasteiger partial charge in [-0.3, -0.25) is 25.0 Å². The molecule has 0 fully saturated rings. The van der Waals surface area contributed by atoms with Gasteiger partial charge >= 0.3 is 11.7 Å². The number of ether oxygens (including phenoxy) is 3. The second-order valence-electron chi connectivity index (χ2n) is 9.25. The molecule has 1 aliphatic heterocycles. The first-order valence-electron chi connectivity index (χ1n) is 13.3. The number of benzene rings is 3. The summed E-state index contributed by atoms with van der Waals surface area (Å²) in [6.07, 6.45) is 1.36. The minimum Gasteiger partial charge on any atom is -0.483 e. The van der Waals surface area contributed by atoms with E-state index >= 15 is 0 Å². The Morgan fingerprint density at radius 1 is 1.04 bits per heavy atom. The molecule has 0 bridgehead atoms. The maximum atomic E-state index is 12.7. The van der Waals surface area contributed by atoms with E-state index in [1.54, 1.807) is 50.2 Å². The molecule has 3 aromatic carbocycles. The van der Waals surface area contributed by atoms with Crippen molar-refractivity contribution < 1.29 is 33.6 Å². The summed E-state index contributed by atoms with van der Waals surface area (Å²) >= 11 is 5.28. The van der Waals surface area contributed by atoms with Gasteiger partial charge in [0.2, 0.25) is 5.75 Å². The number of nitrogens with zero attached hydrogens (tertiary/aromatic N) is 3. The zero-order valence-electron chi connectivity index (χ0n) is 23.8. The van der Waals surface area contributed by atoms with E-state index in [9.17, 15) is 29.8 Å². The van der Waals surface area contributed by atoms with Gasteiger partial charge in [-0.15, -0.1) is 0 Å². The second-order valence-corrected chi connectivity index (χ2v) is 9.66. The van der Waals surface area contributed by atoms with E-state index in [4.69, 9.17) is 26.4 Å². The van der Waals surface area contributed by atoms with Crippen molar-refractivity contribution in [3.05, 3.63) is 109 Å². The van der Waals surface area contributed by atoms with Crippen LogP contribution in [0, 0.1) is 20.2 Å². The first-order chi connectivity index (χ1) is 21.6. The third-order valence-electron chi connectivity index (χ3n) is 6.21. The van der Waals surface area contributed by atoms with Crippen molar-refractivity contribution in [1.29, 1.82) is 0 Å². The number of carbonyl (C=O) groups is 2. The number of hydrazone groups is 1. The summed E-state index contributed by atoms with van der Waals surface area (Å²) in [5.41, 5.74) is 3.38. The van der Waals surface area contributed by atoms with Crippen molar-refractivity contribution in [1.82, 2.24) is 16.1 Å². The van der Waals surface area contributed by atoms with Gasteiger partial charge in [0.15, 0.2) is 11.7 Å². The molecule has 0 radical (unpaired) electrons. The fourth-order valence-corrected chi connectivity index (χ4v) is 4.48. The highest BCUT2D eigenvalue weighted by atomic mass is 32.1. The second kappa shape index (κ2) is 14.5. The lowest BCUT2D eigenvalue weighted by Crippen LogP contribution is -2.45. The zero-order chi connectivity index (χ0) is 32.5. The van der Waals surface area contributed by atoms with Crippen LogP contribution < -0.4 is 25.5 Å². The molecule has 0 saturated carbocycles. The van der Waals surface area contributed by atoms with Crippen LogP contribution in [0.1, 0.15) is 31.0 Å². The Morgan fingerprint density at radius 2 is 1.78 bits per heavy atom. The number of rotatable bonds is 12. The van der Waals surface area contributed by atoms with Gasteiger partial charge in [0.1, 0.15) is 11.5 Å². The van der Waals surface area contributed by atoms with Crippen molar-refractivity contribution in [3.63, 3.8) is 0 Å². The van der Waals surface area contributed by atoms with Crippen LogP contribution in [0.2, 0.25) is 0 Å². The molecule has 0 aromatic heterocycles. The summed E-state index contributed by atoms with van der Waals surface area (Å²) < 4.78 is 16.5. The molecular weight excluding hydrogens is 608 g/mol. The molecule has 0 aliphatic carbocycles. The first kappa shape index (κ1) is 32.0. The van der Waals surface area contributed by atoms with E-state index < -0.39 is 39.1 Å². The number of nitro groups is 2. The average molecular weight is 635 g/mol. The normalized spacial score (nSPS) is 14.3. The Morgan fingerprint density at radius 3 is 2.47 bits per heavy atom. The maximum Gasteiger partial charge on any atom is 0.338 e. The van der Waals surface area contributed by atoms with E-state index in [1.165, 1.54) is 18.3 Å². The number of thiocarbonyl (C=S) groups is 1. The van der Waals surface area contributed by atoms with Crippen LogP contribution in [-0.2, 0) is 14.3 Å². The predicted octanol–water partition coefficient (Wildman–Crippen LogP) is 4.18. The number of nitrogens with one attached hydrogen (secondary N) is 3. The van der Waals surface area contributed by atoms with Gasteiger partial charge in [0.05, 0.1) is 40.3 Å². The standard InChI is InChI=1S/C29H26N6O9S/c1-3-42-28(37)26-17(2)31-29(45)32-27(26)21-6-4-5-7-23(21)43-16-25(36)33-30-15-18-8-11-20(12-9-18)44-24-13-10-19(34(38)39)14-22(24)35(40)41/h4-15,27H,3,16H2,1-2H3,(H,33,36)(H2,31,32,45)/t27-/m1/s1. The summed E-state index contributed by atoms with van der Waals surface area (Å²) in [6.45, 7) is 3.23. The Labute approximate surface area is 261 Å². The number of esters is 1. The summed E-state index contributed by atoms with van der Waals surface area (Å²) in [6, 6.07) is 15.5. The number of hydrogen-bond acceptors (Lipinski definition) is 11. The Balaban J connectivity index is 1.36. The monoisotopic (exact) mass is 634 g/mol. The smallest absolute Gasteiger partial charge is 0.338 e. The van der Waals surface area contributed by atoms with Crippen molar-refractivity contribution in [3.8, 4) is 17.2 Å². The highest BCUT2D eigenvalue weighted by Gasteiger charge is 2.32. The number of nitro benzene ring substituents is 2. The molecule has 15 nitrogen and oxygen atoms in total. The SMILES string of the molecule is CCOC(=O)C1=C(C)NC(=S)N[C@@H]1c1ccccc1OCC(=O)NN=Cc1ccc(Oc2ccc([N+](=O)[O-])cc2[N+](=O)[O-])cc1. The summed E-state index contributed by atoms with van der Waals surface area (Å²) in [7, 11) is 0. The largest absolute Gasteiger partial charge is 0.483 e. The molecule has 1 heterocycles. The number of allylic oxidation sites excluding steroid dienone is 1. The molecule has 45 heavy (non-hydrogen) atoms. The fraction of sp³-hybridized carbons (Fsp3) is 0.172. The lowest BCUT2D eigenvalue weighted by Gasteiger charge is -2.30. The predicted molar refractivity (Wildman–Crippen MR) is 165 cm³/mol. The molecule has 16 heteroatoms. The molecule has 1 aliphatic rings. The molecule has 0 saturated heterocycles. The van der Waals surface area contributed by atoms with E-state index in [0.717, 1.165) is 18.2 Å². The molecule has 1 amide bonds. The van der Waals surface area contributed by atoms with Gasteiger partial charge in [0, 0.05) is 17.3 Å². The molecule has 1 atom stereocenters. The number of amides is 1. The van der Waals surface area contributed by atoms with Crippen LogP contribution in [0.4, 0.5) is 11.4 Å². The van der Waals surface area contributed by atoms with Gasteiger partial charge in [-0.1, -0.05) is 18.2 Å². The molecule has 3 aromatic rings. The Hall–Kier alpha value is -5.90. The number of non-ortho nitro benzene ring substituents is 1. The van der Waals surface area contributed by atoms with E-state index in [-0.39, 0.29) is 24.7 Å². The van der Waals surface area contributed by atoms with Crippen molar-refractivity contribution >= 4 is 46.8 Å². The van der Waals surface area contributed by atoms with Crippen molar-refractivity contribution in [2.45, 2.75) is 19.9 Å². The Kier molecular flexibility index (Phi) is 10.3. The van der Waals surface area contributed by atoms with Crippen molar-refractivity contribution in [2.75, 3.05) is 13.2 Å². The number of hydrogen-bond donors (Lipinski definition) is 3. The lowest BCUT2D eigenvalue weighted by molar-refractivity contribution is -0.394. The highest BCUT2D eigenvalue weighted by molar-refractivity contribution is 7.80. The lowest BCUT2D eigenvalue weighted by atomic mass is 9.95. The first-order valence-corrected chi connectivity index (χ1v) is 13.7. The summed E-state index contributed by atoms with van der Waals surface area (Å²) in [4.78, 5) is 45.9. The highest BCUT2D eigenvalue weighted by Crippen LogP contribution is 2.35. The summed E-state index contributed by atoms with van der Waals surface area (Å²) in [5, 5.41) is 32.5. The number of para-hydroxylation sites is 1. The Bertz CT molecular complexity index is 1710. The van der Waals surface area contributed by atoms with Gasteiger partial charge in [0.25, 0.3) is 11.6 Å². The van der Waals surface area contributed by atoms with Gasteiger partial charge < -0.3 is 24.8 Å². The summed E-state index contributed by atoms with van der Waals surface area (Å²) in [5.74, 6) is -0.658. The third-order valence-corrected chi connectivity index (χ3v) is 6.43. The molecule has 232 valence electrons. The third kappa shape index (κ3) is 8.14. The quantitative estimate of drug-likeness (QED) is 0.0846. The van der Waals surface area contributed by atoms with E-state index in [1.807, 2.05) is 0 Å². The van der Waals surface area contributed by atoms with Crippen LogP contribution in [0.25, 0.3) is 0 Å². The minimum atomic E-state index is -0.771. The van der Waals surface area contributed by atoms with Crippen LogP contribution in [0.15, 0.2) is 83.1 Å². The fourth-order valence-electron chi connectivity index (χ4n) is 4.21. The topological polar surface area (TPSA) is 197 Å². The van der Waals surface area contributed by atoms with Crippen LogP contribution >= 0.6 is 12.2 Å². The van der Waals surface area contributed by atoms with Crippen LogP contribution in [0.5, 0.6) is 17.2 Å². The van der Waals surface area contributed by atoms with Crippen LogP contribution in [-0.4, -0.2) is 46.3 Å². The molecule has 3 N–H and O–H groups in total. The van der Waals surface area contributed by atoms with Gasteiger partial charge in [-0.25, -0.2) is 10.2 Å². The van der Waals surface area contributed by atoms with Gasteiger partial charge in [-0.2, -0.15) is 5.10 Å². The molecule has 0 spiro atoms. The van der Waals surface area contributed by atoms with E-state index in [2.05, 4.69) is 21.2 Å². The minimum absolute atomic E-state index is 0.164. The van der Waals surface area contributed by atoms with Crippen molar-refractivity contribution in [2.24, 2.45) is 5.10 Å². The average Bonchev–Trinajstić information content (AvgIpc) is 3.00. The van der Waals surface area contributed by atoms with E-state index in [0.29, 0.717) is 33.3 Å².